The third-order valence-corrected chi connectivity index (χ3v) is 3.80. The Kier molecular flexibility index (Phi) is 5.19. The zero-order chi connectivity index (χ0) is 13.8. The van der Waals surface area contributed by atoms with Crippen molar-refractivity contribution in [1.82, 2.24) is 10.2 Å². The molecular weight excluding hydrogens is 222 g/mol. The van der Waals surface area contributed by atoms with E-state index >= 15 is 0 Å². The normalized spacial score (nSPS) is 29.3. The second-order valence-corrected chi connectivity index (χ2v) is 6.95. The Morgan fingerprint density at radius 3 is 2.61 bits per heavy atom. The highest BCUT2D eigenvalue weighted by atomic mass is 15.1. The van der Waals surface area contributed by atoms with Crippen LogP contribution in [0.3, 0.4) is 0 Å². The van der Waals surface area contributed by atoms with Crippen molar-refractivity contribution in [2.24, 2.45) is 5.41 Å². The summed E-state index contributed by atoms with van der Waals surface area (Å²) in [6.45, 7) is 10.9. The molecule has 0 radical (unpaired) electrons. The third kappa shape index (κ3) is 4.26. The van der Waals surface area contributed by atoms with Gasteiger partial charge in [-0.05, 0) is 44.7 Å². The molecular formula is C15H29N3. The van der Waals surface area contributed by atoms with E-state index in [0.29, 0.717) is 11.5 Å². The summed E-state index contributed by atoms with van der Waals surface area (Å²) in [5.74, 6) is 0. The van der Waals surface area contributed by atoms with E-state index in [1.165, 1.54) is 6.42 Å². The lowest BCUT2D eigenvalue weighted by atomic mass is 9.79. The Hall–Kier alpha value is -0.590. The lowest BCUT2D eigenvalue weighted by molar-refractivity contribution is 0.112. The van der Waals surface area contributed by atoms with E-state index in [2.05, 4.69) is 51.0 Å². The summed E-state index contributed by atoms with van der Waals surface area (Å²) < 4.78 is 0. The predicted octanol–water partition coefficient (Wildman–Crippen LogP) is 2.78. The first-order chi connectivity index (χ1) is 8.32. The zero-order valence-corrected chi connectivity index (χ0v) is 12.7. The van der Waals surface area contributed by atoms with Gasteiger partial charge in [0.05, 0.1) is 6.07 Å². The minimum atomic E-state index is -0.288. The first kappa shape index (κ1) is 15.5. The molecule has 1 aliphatic carbocycles. The number of nitriles is 1. The number of hydrogen-bond donors (Lipinski definition) is 1. The van der Waals surface area contributed by atoms with Crippen LogP contribution in [-0.2, 0) is 0 Å². The monoisotopic (exact) mass is 251 g/mol. The van der Waals surface area contributed by atoms with Gasteiger partial charge in [-0.2, -0.15) is 5.26 Å². The van der Waals surface area contributed by atoms with Gasteiger partial charge in [0.25, 0.3) is 0 Å². The van der Waals surface area contributed by atoms with Crippen LogP contribution in [0.15, 0.2) is 0 Å². The first-order valence-electron chi connectivity index (χ1n) is 7.18. The van der Waals surface area contributed by atoms with Gasteiger partial charge < -0.3 is 4.90 Å². The molecule has 0 heterocycles. The molecule has 0 saturated heterocycles. The first-order valence-corrected chi connectivity index (χ1v) is 7.18. The van der Waals surface area contributed by atoms with Gasteiger partial charge >= 0.3 is 0 Å². The molecule has 0 spiro atoms. The molecule has 1 aliphatic rings. The van der Waals surface area contributed by atoms with Crippen LogP contribution in [0, 0.1) is 16.7 Å². The van der Waals surface area contributed by atoms with Crippen molar-refractivity contribution in [3.63, 3.8) is 0 Å². The van der Waals surface area contributed by atoms with Crippen LogP contribution in [0.5, 0.6) is 0 Å². The summed E-state index contributed by atoms with van der Waals surface area (Å²) >= 11 is 0. The van der Waals surface area contributed by atoms with Gasteiger partial charge in [0.15, 0.2) is 0 Å². The Balaban J connectivity index is 2.66. The van der Waals surface area contributed by atoms with Crippen LogP contribution < -0.4 is 5.32 Å². The van der Waals surface area contributed by atoms with Gasteiger partial charge in [-0.3, -0.25) is 5.32 Å². The Morgan fingerprint density at radius 2 is 2.11 bits per heavy atom. The topological polar surface area (TPSA) is 39.1 Å². The summed E-state index contributed by atoms with van der Waals surface area (Å²) in [6, 6.07) is 3.07. The molecule has 1 N–H and O–H groups in total. The minimum absolute atomic E-state index is 0.288. The molecule has 104 valence electrons. The Morgan fingerprint density at radius 1 is 1.44 bits per heavy atom. The molecule has 2 atom stereocenters. The van der Waals surface area contributed by atoms with Crippen molar-refractivity contribution >= 4 is 0 Å². The van der Waals surface area contributed by atoms with Crippen LogP contribution in [-0.4, -0.2) is 36.6 Å². The van der Waals surface area contributed by atoms with Gasteiger partial charge in [-0.15, -0.1) is 0 Å². The van der Waals surface area contributed by atoms with Gasteiger partial charge in [0.1, 0.15) is 5.54 Å². The molecule has 3 nitrogen and oxygen atoms in total. The van der Waals surface area contributed by atoms with E-state index in [0.717, 1.165) is 32.4 Å². The van der Waals surface area contributed by atoms with Gasteiger partial charge in [0.2, 0.25) is 0 Å². The quantitative estimate of drug-likeness (QED) is 0.835. The molecule has 18 heavy (non-hydrogen) atoms. The summed E-state index contributed by atoms with van der Waals surface area (Å²) in [6.07, 6.45) is 4.34. The highest BCUT2D eigenvalue weighted by Gasteiger charge is 2.37. The lowest BCUT2D eigenvalue weighted by Gasteiger charge is -2.42. The molecule has 1 rings (SSSR count). The molecule has 0 aromatic rings. The van der Waals surface area contributed by atoms with Crippen molar-refractivity contribution in [3.05, 3.63) is 0 Å². The largest absolute Gasteiger partial charge is 0.303 e. The molecule has 3 heteroatoms. The van der Waals surface area contributed by atoms with E-state index in [9.17, 15) is 5.26 Å². The summed E-state index contributed by atoms with van der Waals surface area (Å²) in [4.78, 5) is 2.45. The number of hydrogen-bond acceptors (Lipinski definition) is 3. The van der Waals surface area contributed by atoms with Crippen LogP contribution >= 0.6 is 0 Å². The zero-order valence-electron chi connectivity index (χ0n) is 12.7. The molecule has 1 saturated carbocycles. The third-order valence-electron chi connectivity index (χ3n) is 3.80. The Labute approximate surface area is 113 Å². The maximum absolute atomic E-state index is 9.47. The molecule has 0 bridgehead atoms. The van der Waals surface area contributed by atoms with Crippen molar-refractivity contribution < 1.29 is 0 Å². The van der Waals surface area contributed by atoms with E-state index in [-0.39, 0.29) is 5.54 Å². The maximum Gasteiger partial charge on any atom is 0.108 e. The molecule has 2 unspecified atom stereocenters. The van der Waals surface area contributed by atoms with E-state index in [1.807, 2.05) is 0 Å². The van der Waals surface area contributed by atoms with Crippen LogP contribution in [0.2, 0.25) is 0 Å². The lowest BCUT2D eigenvalue weighted by Crippen LogP contribution is -2.53. The second kappa shape index (κ2) is 6.04. The van der Waals surface area contributed by atoms with Gasteiger partial charge in [-0.25, -0.2) is 0 Å². The maximum atomic E-state index is 9.47. The van der Waals surface area contributed by atoms with Gasteiger partial charge in [-0.1, -0.05) is 27.7 Å². The molecule has 0 aliphatic heterocycles. The minimum Gasteiger partial charge on any atom is -0.303 e. The highest BCUT2D eigenvalue weighted by Crippen LogP contribution is 2.31. The Bertz CT molecular complexity index is 296. The van der Waals surface area contributed by atoms with Crippen LogP contribution in [0.25, 0.3) is 0 Å². The highest BCUT2D eigenvalue weighted by molar-refractivity contribution is 5.11. The van der Waals surface area contributed by atoms with Crippen molar-refractivity contribution in [3.8, 4) is 6.07 Å². The standard InChI is InChI=1S/C15H29N3/c1-6-17-15(11-16)9-7-8-13(10-15)18(5)12-14(2,3)4/h13,17H,6-10,12H2,1-5H3. The fourth-order valence-corrected chi connectivity index (χ4v) is 3.14. The number of rotatable bonds is 4. The smallest absolute Gasteiger partial charge is 0.108 e. The van der Waals surface area contributed by atoms with E-state index in [4.69, 9.17) is 0 Å². The average molecular weight is 251 g/mol. The summed E-state index contributed by atoms with van der Waals surface area (Å²) in [5, 5.41) is 12.9. The van der Waals surface area contributed by atoms with Crippen molar-refractivity contribution in [1.29, 1.82) is 5.26 Å². The fourth-order valence-electron chi connectivity index (χ4n) is 3.14. The SMILES string of the molecule is CCNC1(C#N)CCCC(N(C)CC(C)(C)C)C1. The second-order valence-electron chi connectivity index (χ2n) is 6.95. The van der Waals surface area contributed by atoms with Gasteiger partial charge in [0, 0.05) is 12.6 Å². The number of nitrogens with zero attached hydrogens (tertiary/aromatic N) is 2. The van der Waals surface area contributed by atoms with Crippen molar-refractivity contribution in [2.45, 2.75) is 65.0 Å². The average Bonchev–Trinajstić information content (AvgIpc) is 2.27. The molecule has 1 fully saturated rings. The van der Waals surface area contributed by atoms with Crippen molar-refractivity contribution in [2.75, 3.05) is 20.1 Å². The fraction of sp³-hybridized carbons (Fsp3) is 0.933. The molecule has 0 aromatic carbocycles. The number of nitrogens with one attached hydrogen (secondary N) is 1. The summed E-state index contributed by atoms with van der Waals surface area (Å²) in [7, 11) is 2.20. The van der Waals surface area contributed by atoms with E-state index < -0.39 is 0 Å². The predicted molar refractivity (Wildman–Crippen MR) is 76.4 cm³/mol. The molecule has 0 amide bonds. The summed E-state index contributed by atoms with van der Waals surface area (Å²) in [5.41, 5.74) is 0.0312. The van der Waals surface area contributed by atoms with E-state index in [1.54, 1.807) is 0 Å². The van der Waals surface area contributed by atoms with Crippen LogP contribution in [0.4, 0.5) is 0 Å². The molecule has 0 aromatic heterocycles. The van der Waals surface area contributed by atoms with Crippen LogP contribution in [0.1, 0.15) is 53.4 Å².